The fraction of sp³-hybridized carbons (Fsp3) is 0.115. The Kier molecular flexibility index (Phi) is 5.11. The maximum atomic E-state index is 13.4. The van der Waals surface area contributed by atoms with Crippen LogP contribution in [0, 0.1) is 0 Å². The normalized spacial score (nSPS) is 22.8. The second-order valence-electron chi connectivity index (χ2n) is 8.35. The summed E-state index contributed by atoms with van der Waals surface area (Å²) in [5.74, 6) is -0.0800. The first-order valence-corrected chi connectivity index (χ1v) is 12.5. The maximum absolute atomic E-state index is 13.4. The average Bonchev–Trinajstić information content (AvgIpc) is 3.40. The molecule has 174 valence electrons. The highest BCUT2D eigenvalue weighted by molar-refractivity contribution is 7.22. The van der Waals surface area contributed by atoms with E-state index in [9.17, 15) is 9.90 Å². The van der Waals surface area contributed by atoms with Gasteiger partial charge in [0.25, 0.3) is 5.91 Å². The lowest BCUT2D eigenvalue weighted by Crippen LogP contribution is -2.79. The molecule has 4 aromatic rings. The number of phenolic OH excluding ortho intramolecular Hbond substituents is 1. The molecule has 1 fully saturated rings. The van der Waals surface area contributed by atoms with Crippen molar-refractivity contribution < 1.29 is 9.90 Å². The van der Waals surface area contributed by atoms with E-state index < -0.39 is 11.0 Å². The Balaban J connectivity index is 1.59. The molecule has 6 rings (SSSR count). The predicted octanol–water partition coefficient (Wildman–Crippen LogP) is 6.29. The molecule has 0 aliphatic carbocycles. The van der Waals surface area contributed by atoms with E-state index in [-0.39, 0.29) is 11.7 Å². The molecule has 1 N–H and O–H groups in total. The number of hydrogen-bond acceptors (Lipinski definition) is 6. The standard InChI is InChI=1S/C26H18Cl2N4O2S/c1-15-20(13-16-9-11-19(33)12-10-16)26(32(30-15)18-6-4-5-17(27)14-18)23(28)24(34)31(26)25-29-21-7-2-3-8-22(21)35-25/h2-14,23,33H,1H3/b20-13-. The highest BCUT2D eigenvalue weighted by Gasteiger charge is 2.69. The second-order valence-corrected chi connectivity index (χ2v) is 10.2. The first-order valence-electron chi connectivity index (χ1n) is 10.9. The van der Waals surface area contributed by atoms with Crippen LogP contribution in [0.2, 0.25) is 5.02 Å². The number of alkyl halides is 1. The Morgan fingerprint density at radius 3 is 2.60 bits per heavy atom. The minimum absolute atomic E-state index is 0.171. The number of halogens is 2. The zero-order valence-electron chi connectivity index (χ0n) is 18.4. The van der Waals surface area contributed by atoms with Crippen molar-refractivity contribution in [2.45, 2.75) is 18.0 Å². The number of aromatic hydroxyl groups is 1. The van der Waals surface area contributed by atoms with E-state index in [0.29, 0.717) is 21.6 Å². The molecule has 3 aromatic carbocycles. The van der Waals surface area contributed by atoms with Crippen molar-refractivity contribution in [2.75, 3.05) is 9.91 Å². The number of rotatable bonds is 3. The maximum Gasteiger partial charge on any atom is 0.254 e. The minimum atomic E-state index is -1.14. The van der Waals surface area contributed by atoms with Crippen molar-refractivity contribution >= 4 is 73.3 Å². The fourth-order valence-electron chi connectivity index (χ4n) is 4.63. The zero-order valence-corrected chi connectivity index (χ0v) is 20.7. The molecular weight excluding hydrogens is 503 g/mol. The smallest absolute Gasteiger partial charge is 0.254 e. The summed E-state index contributed by atoms with van der Waals surface area (Å²) in [7, 11) is 0. The summed E-state index contributed by atoms with van der Waals surface area (Å²) < 4.78 is 0.970. The van der Waals surface area contributed by atoms with E-state index in [0.717, 1.165) is 21.4 Å². The number of carbonyl (C=O) groups is 1. The lowest BCUT2D eigenvalue weighted by atomic mass is 9.82. The molecule has 2 atom stereocenters. The van der Waals surface area contributed by atoms with Crippen LogP contribution in [0.4, 0.5) is 10.8 Å². The van der Waals surface area contributed by atoms with E-state index in [2.05, 4.69) is 0 Å². The van der Waals surface area contributed by atoms with Crippen LogP contribution < -0.4 is 9.91 Å². The largest absolute Gasteiger partial charge is 0.508 e. The Bertz CT molecular complexity index is 1520. The van der Waals surface area contributed by atoms with E-state index in [1.165, 1.54) is 11.3 Å². The number of phenols is 1. The SMILES string of the molecule is CC1=NN(c2cccc(Cl)c2)C2(/C1=C\c1ccc(O)cc1)C(Cl)C(=O)N2c1nc2ccccc2s1. The van der Waals surface area contributed by atoms with Gasteiger partial charge in [0.1, 0.15) is 5.75 Å². The number of hydrazone groups is 1. The van der Waals surface area contributed by atoms with Gasteiger partial charge in [-0.15, -0.1) is 11.6 Å². The van der Waals surface area contributed by atoms with Gasteiger partial charge < -0.3 is 5.11 Å². The summed E-state index contributed by atoms with van der Waals surface area (Å²) in [6.07, 6.45) is 1.95. The number of carbonyl (C=O) groups excluding carboxylic acids is 1. The molecule has 2 unspecified atom stereocenters. The number of thiazole rings is 1. The van der Waals surface area contributed by atoms with E-state index in [1.807, 2.05) is 49.4 Å². The molecule has 1 saturated heterocycles. The van der Waals surface area contributed by atoms with Crippen LogP contribution >= 0.6 is 34.5 Å². The lowest BCUT2D eigenvalue weighted by Gasteiger charge is -2.55. The van der Waals surface area contributed by atoms with Gasteiger partial charge in [0.15, 0.2) is 16.2 Å². The van der Waals surface area contributed by atoms with Gasteiger partial charge in [0.2, 0.25) is 0 Å². The summed E-state index contributed by atoms with van der Waals surface area (Å²) in [6.45, 7) is 1.89. The predicted molar refractivity (Wildman–Crippen MR) is 143 cm³/mol. The number of amides is 1. The molecule has 2 aliphatic heterocycles. The third-order valence-electron chi connectivity index (χ3n) is 6.22. The first-order chi connectivity index (χ1) is 16.9. The van der Waals surface area contributed by atoms with Crippen molar-refractivity contribution in [1.82, 2.24) is 4.98 Å². The molecular formula is C26H18Cl2N4O2S. The number of benzene rings is 3. The van der Waals surface area contributed by atoms with Gasteiger partial charge in [0.05, 0.1) is 21.6 Å². The quantitative estimate of drug-likeness (QED) is 0.254. The van der Waals surface area contributed by atoms with Gasteiger partial charge in [-0.1, -0.05) is 53.3 Å². The van der Waals surface area contributed by atoms with Crippen LogP contribution in [0.15, 0.2) is 83.5 Å². The number of anilines is 2. The Morgan fingerprint density at radius 1 is 1.09 bits per heavy atom. The van der Waals surface area contributed by atoms with Crippen LogP contribution in [0.25, 0.3) is 16.3 Å². The fourth-order valence-corrected chi connectivity index (χ4v) is 6.24. The molecule has 2 aliphatic rings. The van der Waals surface area contributed by atoms with Gasteiger partial charge in [-0.2, -0.15) is 5.10 Å². The molecule has 1 spiro atoms. The van der Waals surface area contributed by atoms with Crippen LogP contribution in [0.3, 0.4) is 0 Å². The third-order valence-corrected chi connectivity index (χ3v) is 7.97. The van der Waals surface area contributed by atoms with E-state index >= 15 is 0 Å². The van der Waals surface area contributed by atoms with Crippen LogP contribution in [-0.2, 0) is 4.79 Å². The average molecular weight is 521 g/mol. The summed E-state index contributed by atoms with van der Waals surface area (Å²) in [5.41, 5.74) is 2.69. The van der Waals surface area contributed by atoms with Crippen LogP contribution in [0.1, 0.15) is 12.5 Å². The number of hydrogen-bond donors (Lipinski definition) is 1. The van der Waals surface area contributed by atoms with Crippen molar-refractivity contribution in [2.24, 2.45) is 5.10 Å². The summed E-state index contributed by atoms with van der Waals surface area (Å²) >= 11 is 14.7. The van der Waals surface area contributed by atoms with Gasteiger partial charge >= 0.3 is 0 Å². The first kappa shape index (κ1) is 22.1. The van der Waals surface area contributed by atoms with Crippen molar-refractivity contribution in [3.05, 3.63) is 89.0 Å². The molecule has 0 saturated carbocycles. The number of fused-ring (bicyclic) bond motifs is 1. The highest BCUT2D eigenvalue weighted by atomic mass is 35.5. The minimum Gasteiger partial charge on any atom is -0.508 e. The lowest BCUT2D eigenvalue weighted by molar-refractivity contribution is -0.125. The number of nitrogens with zero attached hydrogens (tertiary/aromatic N) is 4. The van der Waals surface area contributed by atoms with Crippen molar-refractivity contribution in [1.29, 1.82) is 0 Å². The number of aromatic nitrogens is 1. The molecule has 1 amide bonds. The number of para-hydroxylation sites is 1. The zero-order chi connectivity index (χ0) is 24.3. The molecule has 35 heavy (non-hydrogen) atoms. The third kappa shape index (κ3) is 3.26. The molecule has 1 aromatic heterocycles. The molecule has 3 heterocycles. The van der Waals surface area contributed by atoms with Crippen molar-refractivity contribution in [3.63, 3.8) is 0 Å². The topological polar surface area (TPSA) is 69.0 Å². The van der Waals surface area contributed by atoms with Gasteiger partial charge in [-0.3, -0.25) is 9.69 Å². The van der Waals surface area contributed by atoms with Crippen LogP contribution in [-0.4, -0.2) is 32.7 Å². The Hall–Kier alpha value is -3.39. The van der Waals surface area contributed by atoms with Crippen molar-refractivity contribution in [3.8, 4) is 5.75 Å². The van der Waals surface area contributed by atoms with Gasteiger partial charge in [-0.25, -0.2) is 9.99 Å². The van der Waals surface area contributed by atoms with E-state index in [4.69, 9.17) is 33.3 Å². The molecule has 0 radical (unpaired) electrons. The van der Waals surface area contributed by atoms with Crippen LogP contribution in [0.5, 0.6) is 5.75 Å². The number of β-lactam (4-membered cyclic amide) rings is 1. The molecule has 9 heteroatoms. The summed E-state index contributed by atoms with van der Waals surface area (Å²) in [6, 6.07) is 21.9. The molecule has 0 bridgehead atoms. The monoisotopic (exact) mass is 520 g/mol. The highest BCUT2D eigenvalue weighted by Crippen LogP contribution is 2.54. The van der Waals surface area contributed by atoms with E-state index in [1.54, 1.807) is 46.3 Å². The summed E-state index contributed by atoms with van der Waals surface area (Å²) in [4.78, 5) is 19.8. The molecule has 6 nitrogen and oxygen atoms in total. The Labute approximate surface area is 215 Å². The van der Waals surface area contributed by atoms with Gasteiger partial charge in [-0.05, 0) is 61.0 Å². The van der Waals surface area contributed by atoms with Gasteiger partial charge in [0, 0.05) is 10.6 Å². The second kappa shape index (κ2) is 8.09. The Morgan fingerprint density at radius 2 is 1.86 bits per heavy atom. The summed E-state index contributed by atoms with van der Waals surface area (Å²) in [5, 5.41) is 16.5.